The summed E-state index contributed by atoms with van der Waals surface area (Å²) in [6.07, 6.45) is 3.14. The van der Waals surface area contributed by atoms with E-state index in [2.05, 4.69) is 4.90 Å². The first-order chi connectivity index (χ1) is 17.1. The van der Waals surface area contributed by atoms with Crippen LogP contribution in [-0.4, -0.2) is 49.2 Å². The van der Waals surface area contributed by atoms with Gasteiger partial charge < -0.3 is 18.8 Å². The van der Waals surface area contributed by atoms with Crippen molar-refractivity contribution in [2.45, 2.75) is 45.4 Å². The van der Waals surface area contributed by atoms with Crippen molar-refractivity contribution in [1.29, 1.82) is 0 Å². The number of benzene rings is 2. The molecule has 4 rings (SSSR count). The van der Waals surface area contributed by atoms with E-state index in [-0.39, 0.29) is 12.0 Å². The molecule has 7 nitrogen and oxygen atoms in total. The number of furan rings is 1. The zero-order valence-electron chi connectivity index (χ0n) is 20.6. The van der Waals surface area contributed by atoms with Gasteiger partial charge in [0, 0.05) is 19.6 Å². The first kappa shape index (κ1) is 24.5. The van der Waals surface area contributed by atoms with Gasteiger partial charge in [0.1, 0.15) is 17.6 Å². The van der Waals surface area contributed by atoms with Gasteiger partial charge in [-0.2, -0.15) is 0 Å². The van der Waals surface area contributed by atoms with E-state index in [1.54, 1.807) is 18.3 Å². The molecule has 2 heterocycles. The van der Waals surface area contributed by atoms with Gasteiger partial charge in [-0.1, -0.05) is 42.5 Å². The van der Waals surface area contributed by atoms with Gasteiger partial charge in [0.25, 0.3) is 5.91 Å². The summed E-state index contributed by atoms with van der Waals surface area (Å²) in [4.78, 5) is 22.6. The molecule has 0 spiro atoms. The number of methoxy groups -OCH3 is 1. The molecule has 0 saturated heterocycles. The number of rotatable bonds is 11. The highest BCUT2D eigenvalue weighted by Gasteiger charge is 2.39. The summed E-state index contributed by atoms with van der Waals surface area (Å²) in [6.45, 7) is 5.82. The van der Waals surface area contributed by atoms with Crippen LogP contribution in [0.15, 0.2) is 82.4 Å². The molecule has 0 radical (unpaired) electrons. The second kappa shape index (κ2) is 11.7. The summed E-state index contributed by atoms with van der Waals surface area (Å²) < 4.78 is 17.0. The lowest BCUT2D eigenvalue weighted by molar-refractivity contribution is -0.118. The molecule has 1 aliphatic rings. The average molecular weight is 476 g/mol. The number of guanidine groups is 1. The molecule has 1 aliphatic heterocycles. The normalized spacial score (nSPS) is 15.5. The van der Waals surface area contributed by atoms with Gasteiger partial charge in [0.15, 0.2) is 0 Å². The fourth-order valence-corrected chi connectivity index (χ4v) is 4.15. The Kier molecular flexibility index (Phi) is 8.21. The molecule has 0 N–H and O–H groups in total. The van der Waals surface area contributed by atoms with E-state index in [4.69, 9.17) is 18.9 Å². The molecule has 1 aromatic heterocycles. The fraction of sp³-hybridized carbons (Fsp3) is 0.357. The summed E-state index contributed by atoms with van der Waals surface area (Å²) in [5.74, 6) is 1.95. The highest BCUT2D eigenvalue weighted by molar-refractivity contribution is 6.22. The lowest BCUT2D eigenvalue weighted by Crippen LogP contribution is -2.45. The number of carbonyl (C=O) groups excluding carboxylic acids is 1. The third-order valence-corrected chi connectivity index (χ3v) is 5.81. The van der Waals surface area contributed by atoms with Crippen LogP contribution in [0, 0.1) is 0 Å². The Hall–Kier alpha value is -3.58. The van der Waals surface area contributed by atoms with Crippen LogP contribution in [0.3, 0.4) is 0 Å². The van der Waals surface area contributed by atoms with E-state index >= 15 is 0 Å². The maximum Gasteiger partial charge on any atom is 0.259 e. The Morgan fingerprint density at radius 3 is 2.54 bits per heavy atom. The van der Waals surface area contributed by atoms with Crippen LogP contribution in [0.1, 0.15) is 31.6 Å². The summed E-state index contributed by atoms with van der Waals surface area (Å²) in [7, 11) is 1.61. The number of carbonyl (C=O) groups is 1. The monoisotopic (exact) mass is 475 g/mol. The van der Waals surface area contributed by atoms with Crippen LogP contribution in [-0.2, 0) is 22.5 Å². The number of para-hydroxylation sites is 2. The summed E-state index contributed by atoms with van der Waals surface area (Å²) >= 11 is 0. The van der Waals surface area contributed by atoms with E-state index in [0.717, 1.165) is 17.7 Å². The Morgan fingerprint density at radius 2 is 1.83 bits per heavy atom. The number of aliphatic imine (C=N–C) groups is 1. The molecule has 0 fully saturated rings. The number of hydrogen-bond donors (Lipinski definition) is 0. The van der Waals surface area contributed by atoms with Gasteiger partial charge in [-0.25, -0.2) is 9.89 Å². The lowest BCUT2D eigenvalue weighted by atomic mass is 10.1. The molecule has 3 aromatic rings. The van der Waals surface area contributed by atoms with E-state index < -0.39 is 6.04 Å². The molecule has 0 saturated carbocycles. The zero-order chi connectivity index (χ0) is 24.6. The predicted octanol–water partition coefficient (Wildman–Crippen LogP) is 4.92. The smallest absolute Gasteiger partial charge is 0.259 e. The molecule has 1 atom stereocenters. The van der Waals surface area contributed by atoms with Gasteiger partial charge in [-0.05, 0) is 50.1 Å². The summed E-state index contributed by atoms with van der Waals surface area (Å²) in [6, 6.07) is 20.8. The Bertz CT molecular complexity index is 1110. The first-order valence-corrected chi connectivity index (χ1v) is 12.0. The minimum Gasteiger partial charge on any atom is -0.495 e. The van der Waals surface area contributed by atoms with Crippen LogP contribution in [0.25, 0.3) is 0 Å². The van der Waals surface area contributed by atoms with Gasteiger partial charge in [-0.3, -0.25) is 4.79 Å². The third-order valence-electron chi connectivity index (χ3n) is 5.81. The van der Waals surface area contributed by atoms with Crippen molar-refractivity contribution in [2.75, 3.05) is 25.2 Å². The van der Waals surface area contributed by atoms with Gasteiger partial charge in [-0.15, -0.1) is 0 Å². The largest absolute Gasteiger partial charge is 0.495 e. The number of amides is 1. The van der Waals surface area contributed by atoms with Gasteiger partial charge in [0.2, 0.25) is 5.96 Å². The zero-order valence-corrected chi connectivity index (χ0v) is 20.6. The highest BCUT2D eigenvalue weighted by Crippen LogP contribution is 2.33. The number of hydrogen-bond acceptors (Lipinski definition) is 6. The van der Waals surface area contributed by atoms with Crippen molar-refractivity contribution in [3.8, 4) is 5.75 Å². The number of ether oxygens (including phenoxy) is 2. The van der Waals surface area contributed by atoms with Crippen molar-refractivity contribution >= 4 is 17.6 Å². The maximum absolute atomic E-state index is 13.8. The second-order valence-corrected chi connectivity index (χ2v) is 8.75. The molecular formula is C28H33N3O4. The Morgan fingerprint density at radius 1 is 1.06 bits per heavy atom. The molecule has 2 aromatic carbocycles. The quantitative estimate of drug-likeness (QED) is 0.368. The summed E-state index contributed by atoms with van der Waals surface area (Å²) in [5, 5.41) is 0. The molecule has 0 aliphatic carbocycles. The van der Waals surface area contributed by atoms with Crippen LogP contribution in [0.5, 0.6) is 5.75 Å². The minimum atomic E-state index is -0.525. The molecule has 1 unspecified atom stereocenters. The van der Waals surface area contributed by atoms with Crippen molar-refractivity contribution in [1.82, 2.24) is 4.90 Å². The van der Waals surface area contributed by atoms with E-state index in [0.29, 0.717) is 43.5 Å². The standard InChI is InChI=1S/C28H33N3O4/c1-21(2)34-18-10-16-30(20-23-13-9-17-35-23)28-29-24(19-22-11-5-4-6-12-22)27(32)31(28)25-14-7-8-15-26(25)33-3/h4-9,11-15,17,21,24H,10,16,18-20H2,1-3H3. The van der Waals surface area contributed by atoms with Gasteiger partial charge in [0.05, 0.1) is 31.7 Å². The third kappa shape index (κ3) is 6.11. The predicted molar refractivity (Wildman–Crippen MR) is 137 cm³/mol. The van der Waals surface area contributed by atoms with E-state index in [1.165, 1.54) is 0 Å². The van der Waals surface area contributed by atoms with E-state index in [1.807, 2.05) is 80.6 Å². The minimum absolute atomic E-state index is 0.0729. The van der Waals surface area contributed by atoms with Crippen molar-refractivity contribution in [2.24, 2.45) is 4.99 Å². The van der Waals surface area contributed by atoms with Crippen molar-refractivity contribution in [3.63, 3.8) is 0 Å². The lowest BCUT2D eigenvalue weighted by Gasteiger charge is -2.30. The van der Waals surface area contributed by atoms with Crippen LogP contribution in [0.2, 0.25) is 0 Å². The second-order valence-electron chi connectivity index (χ2n) is 8.75. The van der Waals surface area contributed by atoms with Crippen LogP contribution < -0.4 is 9.64 Å². The topological polar surface area (TPSA) is 67.5 Å². The van der Waals surface area contributed by atoms with Crippen LogP contribution >= 0.6 is 0 Å². The van der Waals surface area contributed by atoms with E-state index in [9.17, 15) is 4.79 Å². The Balaban J connectivity index is 1.68. The van der Waals surface area contributed by atoms with Crippen molar-refractivity contribution in [3.05, 3.63) is 84.3 Å². The molecular weight excluding hydrogens is 442 g/mol. The highest BCUT2D eigenvalue weighted by atomic mass is 16.5. The fourth-order valence-electron chi connectivity index (χ4n) is 4.15. The number of anilines is 1. The SMILES string of the molecule is COc1ccccc1N1C(=O)C(Cc2ccccc2)N=C1N(CCCOC(C)C)Cc1ccco1. The maximum atomic E-state index is 13.8. The number of nitrogens with zero attached hydrogens (tertiary/aromatic N) is 3. The molecule has 7 heteroatoms. The van der Waals surface area contributed by atoms with Crippen molar-refractivity contribution < 1.29 is 18.7 Å². The molecule has 0 bridgehead atoms. The molecule has 1 amide bonds. The van der Waals surface area contributed by atoms with Crippen LogP contribution in [0.4, 0.5) is 5.69 Å². The first-order valence-electron chi connectivity index (χ1n) is 12.0. The average Bonchev–Trinajstić information content (AvgIpc) is 3.49. The molecule has 184 valence electrons. The molecule has 35 heavy (non-hydrogen) atoms. The Labute approximate surface area is 207 Å². The van der Waals surface area contributed by atoms with Gasteiger partial charge >= 0.3 is 0 Å². The summed E-state index contributed by atoms with van der Waals surface area (Å²) in [5.41, 5.74) is 1.75.